The fourth-order valence-corrected chi connectivity index (χ4v) is 8.96. The lowest BCUT2D eigenvalue weighted by molar-refractivity contribution is -0.170. The number of para-hydroxylation sites is 1. The van der Waals surface area contributed by atoms with Crippen molar-refractivity contribution in [2.24, 2.45) is 28.6 Å². The smallest absolute Gasteiger partial charge is 0.306 e. The second-order valence-electron chi connectivity index (χ2n) is 13.3. The van der Waals surface area contributed by atoms with Crippen LogP contribution in [0.2, 0.25) is 0 Å². The third-order valence-corrected chi connectivity index (χ3v) is 11.5. The predicted octanol–water partition coefficient (Wildman–Crippen LogP) is 4.48. The van der Waals surface area contributed by atoms with Crippen LogP contribution in [0, 0.1) is 28.6 Å². The van der Waals surface area contributed by atoms with E-state index in [9.17, 15) is 24.3 Å². The van der Waals surface area contributed by atoms with Crippen molar-refractivity contribution < 1.29 is 38.5 Å². The predicted molar refractivity (Wildman–Crippen MR) is 158 cm³/mol. The summed E-state index contributed by atoms with van der Waals surface area (Å²) >= 11 is 0. The van der Waals surface area contributed by atoms with Gasteiger partial charge in [-0.3, -0.25) is 19.2 Å². The number of benzene rings is 1. The third kappa shape index (κ3) is 5.49. The normalized spacial score (nSPS) is 32.9. The van der Waals surface area contributed by atoms with Crippen LogP contribution < -0.4 is 14.8 Å². The molecule has 4 aliphatic carbocycles. The van der Waals surface area contributed by atoms with Crippen LogP contribution >= 0.6 is 0 Å². The Hall–Kier alpha value is -3.20. The molecule has 3 fully saturated rings. The first-order valence-corrected chi connectivity index (χ1v) is 15.6. The average Bonchev–Trinajstić information content (AvgIpc) is 3.28. The molecule has 5 rings (SSSR count). The van der Waals surface area contributed by atoms with Crippen LogP contribution in [0.25, 0.3) is 0 Å². The van der Waals surface area contributed by atoms with Crippen molar-refractivity contribution in [2.75, 3.05) is 20.8 Å². The minimum absolute atomic E-state index is 0.0186. The molecular formula is C34H45NO8. The van der Waals surface area contributed by atoms with E-state index in [2.05, 4.69) is 12.2 Å². The molecule has 234 valence electrons. The van der Waals surface area contributed by atoms with Gasteiger partial charge in [-0.25, -0.2) is 0 Å². The monoisotopic (exact) mass is 595 g/mol. The Labute approximate surface area is 253 Å². The Morgan fingerprint density at radius 3 is 2.49 bits per heavy atom. The number of ether oxygens (including phenoxy) is 3. The lowest BCUT2D eigenvalue weighted by Gasteiger charge is -2.58. The minimum Gasteiger partial charge on any atom is -0.493 e. The minimum atomic E-state index is -1.55. The number of allylic oxidation sites excluding steroid dienone is 1. The first-order chi connectivity index (χ1) is 20.5. The number of hydrogen-bond donors (Lipinski definition) is 2. The van der Waals surface area contributed by atoms with Crippen LogP contribution in [0.5, 0.6) is 11.5 Å². The molecule has 5 unspecified atom stereocenters. The highest BCUT2D eigenvalue weighted by Crippen LogP contribution is 2.67. The summed E-state index contributed by atoms with van der Waals surface area (Å²) in [4.78, 5) is 50.4. The van der Waals surface area contributed by atoms with Gasteiger partial charge >= 0.3 is 5.97 Å². The van der Waals surface area contributed by atoms with Gasteiger partial charge in [0, 0.05) is 30.4 Å². The molecule has 0 saturated heterocycles. The van der Waals surface area contributed by atoms with Crippen molar-refractivity contribution >= 4 is 23.4 Å². The number of carbonyl (C=O) groups excluding carboxylic acids is 4. The zero-order chi connectivity index (χ0) is 31.0. The number of aliphatic hydroxyl groups is 1. The van der Waals surface area contributed by atoms with Crippen molar-refractivity contribution in [1.82, 2.24) is 5.32 Å². The molecule has 3 saturated carbocycles. The van der Waals surface area contributed by atoms with Gasteiger partial charge < -0.3 is 24.6 Å². The number of rotatable bonds is 10. The number of carbonyl (C=O) groups is 4. The summed E-state index contributed by atoms with van der Waals surface area (Å²) in [6.45, 7) is 4.06. The van der Waals surface area contributed by atoms with Gasteiger partial charge in [0.25, 0.3) is 0 Å². The molecule has 1 aromatic carbocycles. The molecule has 9 nitrogen and oxygen atoms in total. The first kappa shape index (κ1) is 31.2. The highest BCUT2D eigenvalue weighted by atomic mass is 16.5. The van der Waals surface area contributed by atoms with Crippen LogP contribution in [-0.2, 0) is 30.5 Å². The van der Waals surface area contributed by atoms with E-state index < -0.39 is 29.4 Å². The molecule has 0 aromatic heterocycles. The van der Waals surface area contributed by atoms with Crippen LogP contribution in [0.3, 0.4) is 0 Å². The van der Waals surface area contributed by atoms with Gasteiger partial charge in [0.15, 0.2) is 23.9 Å². The quantitative estimate of drug-likeness (QED) is 0.379. The van der Waals surface area contributed by atoms with Gasteiger partial charge in [-0.05, 0) is 80.3 Å². The van der Waals surface area contributed by atoms with E-state index in [1.165, 1.54) is 19.8 Å². The fraction of sp³-hybridized carbons (Fsp3) is 0.647. The molecule has 43 heavy (non-hydrogen) atoms. The second kappa shape index (κ2) is 12.1. The summed E-state index contributed by atoms with van der Waals surface area (Å²) in [5, 5.41) is 14.6. The number of amides is 1. The summed E-state index contributed by atoms with van der Waals surface area (Å²) in [7, 11) is 3.06. The van der Waals surface area contributed by atoms with Gasteiger partial charge in [0.2, 0.25) is 11.7 Å². The number of fused-ring (bicyclic) bond motifs is 5. The van der Waals surface area contributed by atoms with E-state index in [0.29, 0.717) is 36.2 Å². The zero-order valence-corrected chi connectivity index (χ0v) is 25.8. The SMILES string of the molecule is COc1cccc(CNC(=O)CCC(=O)OCC(=O)[C@@]2(O)CCC3C4CCC5=CC(=O)CCC5(C)C4CCC32C)c1OC. The largest absolute Gasteiger partial charge is 0.493 e. The van der Waals surface area contributed by atoms with E-state index in [4.69, 9.17) is 14.2 Å². The highest BCUT2D eigenvalue weighted by Gasteiger charge is 2.66. The molecular weight excluding hydrogens is 550 g/mol. The summed E-state index contributed by atoms with van der Waals surface area (Å²) < 4.78 is 15.9. The average molecular weight is 596 g/mol. The Kier molecular flexibility index (Phi) is 8.76. The second-order valence-corrected chi connectivity index (χ2v) is 13.3. The van der Waals surface area contributed by atoms with E-state index in [1.807, 2.05) is 19.1 Å². The standard InChI is InChI=1S/C34H45NO8/c1-32-15-12-23(36)18-22(32)8-9-24-25(32)13-16-33(2)26(24)14-17-34(33,40)28(37)20-43-30(39)11-10-29(38)35-19-21-6-5-7-27(41-3)31(21)42-4/h5-7,18,24-26,40H,8-17,19-20H2,1-4H3,(H,35,38)/t24?,25?,26?,32?,33?,34-/m0/s1. The van der Waals surface area contributed by atoms with Crippen molar-refractivity contribution in [2.45, 2.75) is 90.2 Å². The Balaban J connectivity index is 1.13. The molecule has 9 heteroatoms. The van der Waals surface area contributed by atoms with Crippen molar-refractivity contribution in [3.05, 3.63) is 35.4 Å². The van der Waals surface area contributed by atoms with Gasteiger partial charge in [-0.15, -0.1) is 0 Å². The van der Waals surface area contributed by atoms with Crippen LogP contribution in [0.15, 0.2) is 29.8 Å². The number of ketones is 2. The van der Waals surface area contributed by atoms with Crippen molar-refractivity contribution in [1.29, 1.82) is 0 Å². The number of methoxy groups -OCH3 is 2. The molecule has 0 aliphatic heterocycles. The number of nitrogens with one attached hydrogen (secondary N) is 1. The Morgan fingerprint density at radius 2 is 1.74 bits per heavy atom. The molecule has 0 bridgehead atoms. The summed E-state index contributed by atoms with van der Waals surface area (Å²) in [6, 6.07) is 5.37. The Bertz CT molecular complexity index is 1320. The van der Waals surface area contributed by atoms with E-state index in [-0.39, 0.29) is 42.4 Å². The van der Waals surface area contributed by atoms with Crippen LogP contribution in [-0.4, -0.2) is 55.0 Å². The lowest BCUT2D eigenvalue weighted by atomic mass is 9.46. The maximum atomic E-state index is 13.5. The van der Waals surface area contributed by atoms with Gasteiger partial charge in [-0.1, -0.05) is 31.6 Å². The molecule has 0 heterocycles. The van der Waals surface area contributed by atoms with E-state index >= 15 is 0 Å². The topological polar surface area (TPSA) is 128 Å². The van der Waals surface area contributed by atoms with Gasteiger partial charge in [0.05, 0.1) is 20.6 Å². The molecule has 2 N–H and O–H groups in total. The third-order valence-electron chi connectivity index (χ3n) is 11.5. The highest BCUT2D eigenvalue weighted by molar-refractivity contribution is 5.92. The molecule has 4 aliphatic rings. The number of hydrogen-bond acceptors (Lipinski definition) is 8. The molecule has 0 radical (unpaired) electrons. The van der Waals surface area contributed by atoms with Gasteiger partial charge in [0.1, 0.15) is 5.60 Å². The maximum absolute atomic E-state index is 13.5. The number of esters is 1. The fourth-order valence-electron chi connectivity index (χ4n) is 8.96. The van der Waals surface area contributed by atoms with Crippen molar-refractivity contribution in [3.63, 3.8) is 0 Å². The Morgan fingerprint density at radius 1 is 0.977 bits per heavy atom. The van der Waals surface area contributed by atoms with Crippen LogP contribution in [0.4, 0.5) is 0 Å². The molecule has 1 aromatic rings. The maximum Gasteiger partial charge on any atom is 0.306 e. The van der Waals surface area contributed by atoms with Crippen molar-refractivity contribution in [3.8, 4) is 11.5 Å². The summed E-state index contributed by atoms with van der Waals surface area (Å²) in [5.41, 5.74) is -0.0816. The van der Waals surface area contributed by atoms with E-state index in [1.54, 1.807) is 12.1 Å². The lowest BCUT2D eigenvalue weighted by Crippen LogP contribution is -2.58. The van der Waals surface area contributed by atoms with Crippen LogP contribution in [0.1, 0.15) is 83.6 Å². The summed E-state index contributed by atoms with van der Waals surface area (Å²) in [5.74, 6) is 0.930. The molecule has 6 atom stereocenters. The molecule has 0 spiro atoms. The first-order valence-electron chi connectivity index (χ1n) is 15.6. The van der Waals surface area contributed by atoms with E-state index in [0.717, 1.165) is 44.1 Å². The summed E-state index contributed by atoms with van der Waals surface area (Å²) in [6.07, 6.45) is 7.74. The number of Topliss-reactive ketones (excluding diaryl/α,β-unsaturated/α-hetero) is 1. The van der Waals surface area contributed by atoms with Gasteiger partial charge in [-0.2, -0.15) is 0 Å². The zero-order valence-electron chi connectivity index (χ0n) is 25.8. The molecule has 1 amide bonds.